The Morgan fingerprint density at radius 2 is 2.03 bits per heavy atom. The molecular weight excluding hydrogens is 380 g/mol. The molecule has 1 aliphatic heterocycles. The number of pyridine rings is 1. The molecule has 0 unspecified atom stereocenters. The van der Waals surface area contributed by atoms with E-state index >= 15 is 0 Å². The third-order valence-corrected chi connectivity index (χ3v) is 5.34. The van der Waals surface area contributed by atoms with Crippen LogP contribution in [0.25, 0.3) is 22.0 Å². The van der Waals surface area contributed by atoms with Gasteiger partial charge in [-0.15, -0.1) is 0 Å². The van der Waals surface area contributed by atoms with Crippen LogP contribution in [-0.2, 0) is 7.05 Å². The second kappa shape index (κ2) is 6.87. The summed E-state index contributed by atoms with van der Waals surface area (Å²) in [5.74, 6) is 1.79. The van der Waals surface area contributed by atoms with E-state index in [4.69, 9.17) is 10.5 Å². The fraction of sp³-hybridized carbons (Fsp3) is 0.238. The maximum atomic E-state index is 6.33. The van der Waals surface area contributed by atoms with Crippen LogP contribution in [-0.4, -0.2) is 37.9 Å². The number of hydrogen-bond acceptors (Lipinski definition) is 8. The summed E-state index contributed by atoms with van der Waals surface area (Å²) < 4.78 is 7.43. The molecule has 0 amide bonds. The third kappa shape index (κ3) is 3.04. The molecule has 4 N–H and O–H groups in total. The minimum Gasteiger partial charge on any atom is -0.474 e. The number of nitrogens with one attached hydrogen (secondary N) is 2. The first-order chi connectivity index (χ1) is 14.5. The van der Waals surface area contributed by atoms with E-state index in [2.05, 4.69) is 30.7 Å². The number of benzene rings is 1. The minimum absolute atomic E-state index is 0.465. The molecule has 0 saturated carbocycles. The lowest BCUT2D eigenvalue weighted by atomic mass is 9.99. The molecule has 0 aliphatic carbocycles. The molecule has 0 bridgehead atoms. The molecule has 0 radical (unpaired) electrons. The number of anilines is 4. The monoisotopic (exact) mass is 402 g/mol. The molecule has 0 saturated heterocycles. The predicted molar refractivity (Wildman–Crippen MR) is 117 cm³/mol. The topological polar surface area (TPSA) is 116 Å². The van der Waals surface area contributed by atoms with Gasteiger partial charge in [0.15, 0.2) is 5.82 Å². The highest BCUT2D eigenvalue weighted by Gasteiger charge is 2.18. The molecule has 3 aromatic heterocycles. The molecule has 1 aliphatic rings. The Labute approximate surface area is 173 Å². The lowest BCUT2D eigenvalue weighted by molar-refractivity contribution is 0.310. The van der Waals surface area contributed by atoms with E-state index in [1.165, 1.54) is 0 Å². The van der Waals surface area contributed by atoms with Crippen LogP contribution in [0.15, 0.2) is 30.6 Å². The maximum absolute atomic E-state index is 6.33. The molecule has 0 fully saturated rings. The number of hydrogen-bond donors (Lipinski definition) is 3. The number of nitrogens with zero attached hydrogens (tertiary/aromatic N) is 5. The first-order valence-electron chi connectivity index (χ1n) is 9.70. The van der Waals surface area contributed by atoms with Gasteiger partial charge in [0.05, 0.1) is 5.52 Å². The van der Waals surface area contributed by atoms with Crippen molar-refractivity contribution in [2.75, 3.05) is 29.5 Å². The van der Waals surface area contributed by atoms with Crippen LogP contribution < -0.4 is 21.1 Å². The molecule has 4 heterocycles. The molecule has 9 heteroatoms. The molecule has 152 valence electrons. The number of fused-ring (bicyclic) bond motifs is 2. The summed E-state index contributed by atoms with van der Waals surface area (Å²) in [6, 6.07) is 5.87. The smallest absolute Gasteiger partial charge is 0.237 e. The summed E-state index contributed by atoms with van der Waals surface area (Å²) in [4.78, 5) is 13.5. The summed E-state index contributed by atoms with van der Waals surface area (Å²) >= 11 is 0. The zero-order chi connectivity index (χ0) is 20.8. The summed E-state index contributed by atoms with van der Waals surface area (Å²) in [5, 5.41) is 11.7. The first kappa shape index (κ1) is 18.2. The minimum atomic E-state index is 0.465. The van der Waals surface area contributed by atoms with Gasteiger partial charge in [0.25, 0.3) is 0 Å². The Balaban J connectivity index is 1.57. The number of aromatic nitrogens is 5. The van der Waals surface area contributed by atoms with Crippen LogP contribution in [0, 0.1) is 13.8 Å². The van der Waals surface area contributed by atoms with Crippen molar-refractivity contribution in [1.29, 1.82) is 0 Å². The average molecular weight is 402 g/mol. The number of rotatable bonds is 3. The Bertz CT molecular complexity index is 1260. The van der Waals surface area contributed by atoms with Crippen molar-refractivity contribution >= 4 is 34.0 Å². The predicted octanol–water partition coefficient (Wildman–Crippen LogP) is 3.17. The van der Waals surface area contributed by atoms with Gasteiger partial charge in [-0.05, 0) is 37.1 Å². The highest BCUT2D eigenvalue weighted by atomic mass is 16.5. The van der Waals surface area contributed by atoms with Gasteiger partial charge in [0.2, 0.25) is 11.8 Å². The van der Waals surface area contributed by atoms with Crippen LogP contribution in [0.1, 0.15) is 11.3 Å². The molecule has 0 atom stereocenters. The summed E-state index contributed by atoms with van der Waals surface area (Å²) in [6.07, 6.45) is 3.55. The van der Waals surface area contributed by atoms with Crippen LogP contribution in [0.5, 0.6) is 5.88 Å². The first-order valence-corrected chi connectivity index (χ1v) is 9.70. The zero-order valence-electron chi connectivity index (χ0n) is 17.0. The van der Waals surface area contributed by atoms with Crippen molar-refractivity contribution in [2.45, 2.75) is 13.8 Å². The van der Waals surface area contributed by atoms with Crippen molar-refractivity contribution in [3.63, 3.8) is 0 Å². The second-order valence-corrected chi connectivity index (χ2v) is 7.36. The standard InChI is InChI=1S/C21H22N8O/c1-11-6-18(28-29(11)3)27-21-25-10-15-16(22)7-13(8-17(15)26-21)14-9-24-20-19(12(14)2)23-4-5-30-20/h6-10,23H,4-5,22H2,1-3H3,(H,25,26,27,28). The van der Waals surface area contributed by atoms with Gasteiger partial charge < -0.3 is 21.1 Å². The van der Waals surface area contributed by atoms with Crippen LogP contribution in [0.2, 0.25) is 0 Å². The maximum Gasteiger partial charge on any atom is 0.237 e. The zero-order valence-corrected chi connectivity index (χ0v) is 17.0. The van der Waals surface area contributed by atoms with Crippen LogP contribution >= 0.6 is 0 Å². The number of aryl methyl sites for hydroxylation is 2. The van der Waals surface area contributed by atoms with Crippen LogP contribution in [0.4, 0.5) is 23.1 Å². The van der Waals surface area contributed by atoms with Gasteiger partial charge in [0, 0.05) is 54.4 Å². The van der Waals surface area contributed by atoms with E-state index in [1.807, 2.05) is 45.3 Å². The highest BCUT2D eigenvalue weighted by Crippen LogP contribution is 2.37. The fourth-order valence-electron chi connectivity index (χ4n) is 3.63. The quantitative estimate of drug-likeness (QED) is 0.448. The van der Waals surface area contributed by atoms with Crippen molar-refractivity contribution in [3.05, 3.63) is 41.9 Å². The summed E-state index contributed by atoms with van der Waals surface area (Å²) in [7, 11) is 1.89. The summed E-state index contributed by atoms with van der Waals surface area (Å²) in [5.41, 5.74) is 12.6. The van der Waals surface area contributed by atoms with Gasteiger partial charge in [-0.25, -0.2) is 15.0 Å². The largest absolute Gasteiger partial charge is 0.474 e. The molecule has 5 rings (SSSR count). The molecule has 1 aromatic carbocycles. The number of nitrogen functional groups attached to an aromatic ring is 1. The molecule has 0 spiro atoms. The number of ether oxygens (including phenoxy) is 1. The van der Waals surface area contributed by atoms with Gasteiger partial charge in [-0.1, -0.05) is 0 Å². The molecular formula is C21H22N8O. The normalized spacial score (nSPS) is 12.9. The van der Waals surface area contributed by atoms with E-state index in [0.29, 0.717) is 29.9 Å². The average Bonchev–Trinajstić information content (AvgIpc) is 3.05. The summed E-state index contributed by atoms with van der Waals surface area (Å²) in [6.45, 7) is 5.41. The Morgan fingerprint density at radius 1 is 1.17 bits per heavy atom. The van der Waals surface area contributed by atoms with Crippen LogP contribution in [0.3, 0.4) is 0 Å². The molecule has 4 aromatic rings. The van der Waals surface area contributed by atoms with Gasteiger partial charge in [-0.2, -0.15) is 5.10 Å². The molecule has 30 heavy (non-hydrogen) atoms. The van der Waals surface area contributed by atoms with E-state index in [9.17, 15) is 0 Å². The lowest BCUT2D eigenvalue weighted by Crippen LogP contribution is -2.20. The van der Waals surface area contributed by atoms with E-state index < -0.39 is 0 Å². The van der Waals surface area contributed by atoms with Gasteiger partial charge in [-0.3, -0.25) is 4.68 Å². The second-order valence-electron chi connectivity index (χ2n) is 7.36. The van der Waals surface area contributed by atoms with Gasteiger partial charge >= 0.3 is 0 Å². The Hall–Kier alpha value is -3.88. The highest BCUT2D eigenvalue weighted by molar-refractivity contribution is 5.95. The SMILES string of the molecule is Cc1c(-c2cc(N)c3cnc(Nc4cc(C)n(C)n4)nc3c2)cnc2c1NCCO2. The van der Waals surface area contributed by atoms with Crippen molar-refractivity contribution < 1.29 is 4.74 Å². The van der Waals surface area contributed by atoms with Crippen molar-refractivity contribution in [2.24, 2.45) is 7.05 Å². The van der Waals surface area contributed by atoms with Crippen molar-refractivity contribution in [3.8, 4) is 17.0 Å². The van der Waals surface area contributed by atoms with E-state index in [1.54, 1.807) is 10.9 Å². The Kier molecular flexibility index (Phi) is 4.16. The molecule has 9 nitrogen and oxygen atoms in total. The van der Waals surface area contributed by atoms with E-state index in [0.717, 1.165) is 45.5 Å². The van der Waals surface area contributed by atoms with E-state index in [-0.39, 0.29) is 0 Å². The van der Waals surface area contributed by atoms with Gasteiger partial charge in [0.1, 0.15) is 12.3 Å². The Morgan fingerprint density at radius 3 is 2.83 bits per heavy atom. The third-order valence-electron chi connectivity index (χ3n) is 5.34. The number of nitrogens with two attached hydrogens (primary N) is 1. The lowest BCUT2D eigenvalue weighted by Gasteiger charge is -2.21. The van der Waals surface area contributed by atoms with Crippen molar-refractivity contribution in [1.82, 2.24) is 24.7 Å². The fourth-order valence-corrected chi connectivity index (χ4v) is 3.63.